The fraction of sp³-hybridized carbons (Fsp3) is 0.667. The van der Waals surface area contributed by atoms with Gasteiger partial charge in [-0.3, -0.25) is 4.90 Å². The summed E-state index contributed by atoms with van der Waals surface area (Å²) >= 11 is 0. The Bertz CT molecular complexity index is 436. The largest absolute Gasteiger partial charge is 0.475 e. The van der Waals surface area contributed by atoms with Crippen LogP contribution in [0.5, 0.6) is 0 Å². The summed E-state index contributed by atoms with van der Waals surface area (Å²) in [5, 5.41) is 12.3. The molecule has 20 heavy (non-hydrogen) atoms. The number of nitrogens with one attached hydrogen (secondary N) is 1. The van der Waals surface area contributed by atoms with Crippen molar-refractivity contribution in [2.75, 3.05) is 19.6 Å². The van der Waals surface area contributed by atoms with Crippen LogP contribution in [0, 0.1) is 5.92 Å². The smallest absolute Gasteiger partial charge is 0.371 e. The Labute approximate surface area is 119 Å². The highest BCUT2D eigenvalue weighted by Crippen LogP contribution is 2.17. The zero-order chi connectivity index (χ0) is 14.5. The van der Waals surface area contributed by atoms with E-state index >= 15 is 0 Å². The first-order valence-corrected chi connectivity index (χ1v) is 7.33. The molecule has 2 heterocycles. The number of carboxylic acids is 1. The number of hydrogen-bond donors (Lipinski definition) is 2. The third-order valence-electron chi connectivity index (χ3n) is 3.85. The number of aromatic carboxylic acids is 1. The van der Waals surface area contributed by atoms with Gasteiger partial charge in [0.25, 0.3) is 0 Å². The molecule has 5 heteroatoms. The van der Waals surface area contributed by atoms with Crippen molar-refractivity contribution in [2.24, 2.45) is 5.92 Å². The highest BCUT2D eigenvalue weighted by Gasteiger charge is 2.20. The van der Waals surface area contributed by atoms with Crippen LogP contribution in [0.15, 0.2) is 16.5 Å². The lowest BCUT2D eigenvalue weighted by atomic mass is 9.98. The average Bonchev–Trinajstić information content (AvgIpc) is 2.88. The second-order valence-electron chi connectivity index (χ2n) is 5.81. The van der Waals surface area contributed by atoms with Crippen LogP contribution in [0.1, 0.15) is 43.0 Å². The fourth-order valence-corrected chi connectivity index (χ4v) is 2.65. The molecule has 0 spiro atoms. The monoisotopic (exact) mass is 280 g/mol. The predicted octanol–water partition coefficient (Wildman–Crippen LogP) is 2.19. The Morgan fingerprint density at radius 3 is 2.90 bits per heavy atom. The van der Waals surface area contributed by atoms with Crippen molar-refractivity contribution in [1.29, 1.82) is 0 Å². The van der Waals surface area contributed by atoms with Crippen LogP contribution in [0.25, 0.3) is 0 Å². The summed E-state index contributed by atoms with van der Waals surface area (Å²) in [6.07, 6.45) is 2.50. The van der Waals surface area contributed by atoms with Crippen molar-refractivity contribution < 1.29 is 14.3 Å². The lowest BCUT2D eigenvalue weighted by molar-refractivity contribution is 0.0656. The standard InChI is InChI=1S/C15H24N2O3/c1-11(2)17(9-12-4-3-7-16-8-12)10-13-5-6-14(20-13)15(18)19/h5-6,11-12,16H,3-4,7-10H2,1-2H3,(H,18,19). The maximum absolute atomic E-state index is 10.8. The van der Waals surface area contributed by atoms with Crippen LogP contribution in [0.2, 0.25) is 0 Å². The van der Waals surface area contributed by atoms with Gasteiger partial charge in [-0.25, -0.2) is 4.79 Å². The quantitative estimate of drug-likeness (QED) is 0.836. The summed E-state index contributed by atoms with van der Waals surface area (Å²) in [5.74, 6) is 0.395. The van der Waals surface area contributed by atoms with E-state index in [9.17, 15) is 4.79 Å². The summed E-state index contributed by atoms with van der Waals surface area (Å²) in [6.45, 7) is 8.21. The van der Waals surface area contributed by atoms with Gasteiger partial charge in [-0.2, -0.15) is 0 Å². The molecule has 0 bridgehead atoms. The molecule has 1 saturated heterocycles. The van der Waals surface area contributed by atoms with Gasteiger partial charge in [0.1, 0.15) is 5.76 Å². The fourth-order valence-electron chi connectivity index (χ4n) is 2.65. The third-order valence-corrected chi connectivity index (χ3v) is 3.85. The van der Waals surface area contributed by atoms with Gasteiger partial charge >= 0.3 is 5.97 Å². The first-order chi connectivity index (χ1) is 9.56. The van der Waals surface area contributed by atoms with Crippen molar-refractivity contribution in [3.8, 4) is 0 Å². The molecule has 2 rings (SSSR count). The van der Waals surface area contributed by atoms with Gasteiger partial charge in [0, 0.05) is 12.6 Å². The Balaban J connectivity index is 1.95. The molecule has 1 aromatic rings. The molecule has 112 valence electrons. The molecule has 1 aromatic heterocycles. The molecule has 0 amide bonds. The van der Waals surface area contributed by atoms with Gasteiger partial charge in [0.05, 0.1) is 6.54 Å². The summed E-state index contributed by atoms with van der Waals surface area (Å²) < 4.78 is 5.36. The zero-order valence-electron chi connectivity index (χ0n) is 12.3. The van der Waals surface area contributed by atoms with Gasteiger partial charge < -0.3 is 14.8 Å². The molecule has 1 aliphatic rings. The van der Waals surface area contributed by atoms with E-state index in [1.807, 2.05) is 0 Å². The number of carbonyl (C=O) groups is 1. The van der Waals surface area contributed by atoms with E-state index in [1.165, 1.54) is 18.9 Å². The minimum absolute atomic E-state index is 0.0167. The lowest BCUT2D eigenvalue weighted by Crippen LogP contribution is -2.40. The topological polar surface area (TPSA) is 65.7 Å². The van der Waals surface area contributed by atoms with Crippen LogP contribution < -0.4 is 5.32 Å². The molecular weight excluding hydrogens is 256 g/mol. The van der Waals surface area contributed by atoms with E-state index < -0.39 is 5.97 Å². The number of piperidine rings is 1. The highest BCUT2D eigenvalue weighted by atomic mass is 16.4. The molecule has 1 atom stereocenters. The molecule has 2 N–H and O–H groups in total. The van der Waals surface area contributed by atoms with E-state index in [0.29, 0.717) is 18.5 Å². The van der Waals surface area contributed by atoms with Crippen LogP contribution in [-0.4, -0.2) is 41.7 Å². The Morgan fingerprint density at radius 2 is 2.35 bits per heavy atom. The second kappa shape index (κ2) is 6.90. The number of rotatable bonds is 6. The Hall–Kier alpha value is -1.33. The molecule has 0 aliphatic carbocycles. The Morgan fingerprint density at radius 1 is 1.55 bits per heavy atom. The summed E-state index contributed by atoms with van der Waals surface area (Å²) in [4.78, 5) is 13.2. The normalized spacial score (nSPS) is 19.7. The molecule has 0 aromatic carbocycles. The van der Waals surface area contributed by atoms with Crippen molar-refractivity contribution in [3.63, 3.8) is 0 Å². The molecule has 1 fully saturated rings. The second-order valence-corrected chi connectivity index (χ2v) is 5.81. The van der Waals surface area contributed by atoms with Crippen LogP contribution in [-0.2, 0) is 6.54 Å². The van der Waals surface area contributed by atoms with Crippen molar-refractivity contribution in [3.05, 3.63) is 23.7 Å². The van der Waals surface area contributed by atoms with Gasteiger partial charge in [-0.05, 0) is 57.8 Å². The maximum atomic E-state index is 10.8. The van der Waals surface area contributed by atoms with E-state index in [0.717, 1.165) is 25.4 Å². The van der Waals surface area contributed by atoms with Gasteiger partial charge in [0.2, 0.25) is 5.76 Å². The van der Waals surface area contributed by atoms with Gasteiger partial charge in [-0.15, -0.1) is 0 Å². The van der Waals surface area contributed by atoms with Crippen LogP contribution in [0.3, 0.4) is 0 Å². The van der Waals surface area contributed by atoms with E-state index in [-0.39, 0.29) is 5.76 Å². The third kappa shape index (κ3) is 4.08. The van der Waals surface area contributed by atoms with Gasteiger partial charge in [0.15, 0.2) is 0 Å². The molecular formula is C15H24N2O3. The van der Waals surface area contributed by atoms with Gasteiger partial charge in [-0.1, -0.05) is 0 Å². The number of furan rings is 1. The van der Waals surface area contributed by atoms with E-state index in [2.05, 4.69) is 24.1 Å². The maximum Gasteiger partial charge on any atom is 0.371 e. The first-order valence-electron chi connectivity index (χ1n) is 7.33. The predicted molar refractivity (Wildman–Crippen MR) is 76.8 cm³/mol. The highest BCUT2D eigenvalue weighted by molar-refractivity contribution is 5.84. The lowest BCUT2D eigenvalue weighted by Gasteiger charge is -2.32. The van der Waals surface area contributed by atoms with Crippen molar-refractivity contribution in [1.82, 2.24) is 10.2 Å². The molecule has 1 unspecified atom stereocenters. The van der Waals surface area contributed by atoms with Crippen LogP contribution >= 0.6 is 0 Å². The molecule has 5 nitrogen and oxygen atoms in total. The van der Waals surface area contributed by atoms with Crippen molar-refractivity contribution in [2.45, 2.75) is 39.3 Å². The van der Waals surface area contributed by atoms with E-state index in [1.54, 1.807) is 6.07 Å². The minimum atomic E-state index is -1.01. The number of nitrogens with zero attached hydrogens (tertiary/aromatic N) is 1. The summed E-state index contributed by atoms with van der Waals surface area (Å²) in [7, 11) is 0. The zero-order valence-corrected chi connectivity index (χ0v) is 12.3. The van der Waals surface area contributed by atoms with Crippen molar-refractivity contribution >= 4 is 5.97 Å². The molecule has 0 radical (unpaired) electrons. The summed E-state index contributed by atoms with van der Waals surface area (Å²) in [6, 6.07) is 3.70. The Kier molecular flexibility index (Phi) is 5.20. The number of carboxylic acid groups (broad SMARTS) is 1. The molecule has 1 aliphatic heterocycles. The minimum Gasteiger partial charge on any atom is -0.475 e. The van der Waals surface area contributed by atoms with E-state index in [4.69, 9.17) is 9.52 Å². The first kappa shape index (κ1) is 15.1. The average molecular weight is 280 g/mol. The number of hydrogen-bond acceptors (Lipinski definition) is 4. The SMILES string of the molecule is CC(C)N(Cc1ccc(C(=O)O)o1)CC1CCCNC1. The summed E-state index contributed by atoms with van der Waals surface area (Å²) in [5.41, 5.74) is 0. The molecule has 0 saturated carbocycles. The van der Waals surface area contributed by atoms with Crippen LogP contribution in [0.4, 0.5) is 0 Å².